The molecule has 1 unspecified atom stereocenters. The Balaban J connectivity index is 2.65. The first-order valence-electron chi connectivity index (χ1n) is 4.83. The van der Waals surface area contributed by atoms with Crippen molar-refractivity contribution in [1.82, 2.24) is 15.2 Å². The fraction of sp³-hybridized carbons (Fsp3) is 0.667. The summed E-state index contributed by atoms with van der Waals surface area (Å²) < 4.78 is 7.81. The normalized spacial score (nSPS) is 13.1. The smallest absolute Gasteiger partial charge is 0.0705 e. The van der Waals surface area contributed by atoms with Crippen LogP contribution in [0, 0.1) is 0 Å². The first-order valence-corrected chi connectivity index (χ1v) is 5.62. The summed E-state index contributed by atoms with van der Waals surface area (Å²) in [5.41, 5.74) is 3.86. The Hall–Kier alpha value is -0.430. The standard InChI is InChI=1S/C9H17BrN4O/c1-14-9(7(10)6-12-14)8(13-11)4-3-5-15-2/h6,8,13H,3-5,11H2,1-2H3. The number of halogens is 1. The molecule has 0 saturated carbocycles. The van der Waals surface area contributed by atoms with Crippen molar-refractivity contribution < 1.29 is 4.74 Å². The molecule has 0 spiro atoms. The molecular weight excluding hydrogens is 260 g/mol. The molecule has 0 radical (unpaired) electrons. The molecule has 0 amide bonds. The summed E-state index contributed by atoms with van der Waals surface area (Å²) in [7, 11) is 3.60. The van der Waals surface area contributed by atoms with Crippen LogP contribution >= 0.6 is 15.9 Å². The average Bonchev–Trinajstić information content (AvgIpc) is 2.55. The molecule has 6 heteroatoms. The van der Waals surface area contributed by atoms with Gasteiger partial charge in [-0.25, -0.2) is 0 Å². The zero-order chi connectivity index (χ0) is 11.3. The van der Waals surface area contributed by atoms with Gasteiger partial charge >= 0.3 is 0 Å². The molecule has 0 aliphatic carbocycles. The van der Waals surface area contributed by atoms with E-state index in [1.807, 2.05) is 11.7 Å². The highest BCUT2D eigenvalue weighted by Crippen LogP contribution is 2.25. The first-order chi connectivity index (χ1) is 7.20. The van der Waals surface area contributed by atoms with Crippen molar-refractivity contribution in [1.29, 1.82) is 0 Å². The Labute approximate surface area is 98.1 Å². The minimum Gasteiger partial charge on any atom is -0.385 e. The minimum atomic E-state index is 0.0991. The molecule has 0 fully saturated rings. The largest absolute Gasteiger partial charge is 0.385 e. The third-order valence-electron chi connectivity index (χ3n) is 2.31. The van der Waals surface area contributed by atoms with Gasteiger partial charge in [0.2, 0.25) is 0 Å². The Kier molecular flexibility index (Phi) is 5.24. The van der Waals surface area contributed by atoms with Crippen molar-refractivity contribution in [3.05, 3.63) is 16.4 Å². The highest BCUT2D eigenvalue weighted by molar-refractivity contribution is 9.10. The topological polar surface area (TPSA) is 65.1 Å². The maximum Gasteiger partial charge on any atom is 0.0705 e. The number of nitrogens with zero attached hydrogens (tertiary/aromatic N) is 2. The molecule has 1 atom stereocenters. The van der Waals surface area contributed by atoms with Crippen molar-refractivity contribution >= 4 is 15.9 Å². The lowest BCUT2D eigenvalue weighted by atomic mass is 10.1. The minimum absolute atomic E-state index is 0.0991. The predicted octanol–water partition coefficient (Wildman–Crippen LogP) is 1.11. The van der Waals surface area contributed by atoms with E-state index in [1.165, 1.54) is 0 Å². The maximum atomic E-state index is 5.53. The zero-order valence-electron chi connectivity index (χ0n) is 9.03. The van der Waals surface area contributed by atoms with E-state index < -0.39 is 0 Å². The summed E-state index contributed by atoms with van der Waals surface area (Å²) in [5, 5.41) is 4.16. The van der Waals surface area contributed by atoms with Gasteiger partial charge in [-0.2, -0.15) is 5.10 Å². The number of rotatable bonds is 6. The third kappa shape index (κ3) is 3.27. The number of nitrogens with one attached hydrogen (secondary N) is 1. The van der Waals surface area contributed by atoms with Crippen LogP contribution in [0.15, 0.2) is 10.7 Å². The average molecular weight is 277 g/mol. The highest BCUT2D eigenvalue weighted by atomic mass is 79.9. The van der Waals surface area contributed by atoms with Gasteiger partial charge in [0, 0.05) is 20.8 Å². The number of hydrogen-bond donors (Lipinski definition) is 2. The summed E-state index contributed by atoms with van der Waals surface area (Å²) in [6, 6.07) is 0.0991. The number of hydrazine groups is 1. The number of aryl methyl sites for hydroxylation is 1. The molecular formula is C9H17BrN4O. The van der Waals surface area contributed by atoms with Gasteiger partial charge in [-0.1, -0.05) is 0 Å². The molecule has 1 aromatic heterocycles. The summed E-state index contributed by atoms with van der Waals surface area (Å²) in [6.45, 7) is 0.744. The van der Waals surface area contributed by atoms with Crippen molar-refractivity contribution in [2.75, 3.05) is 13.7 Å². The van der Waals surface area contributed by atoms with Gasteiger partial charge in [-0.3, -0.25) is 16.0 Å². The molecule has 5 nitrogen and oxygen atoms in total. The van der Waals surface area contributed by atoms with Gasteiger partial charge in [0.1, 0.15) is 0 Å². The van der Waals surface area contributed by atoms with E-state index in [9.17, 15) is 0 Å². The number of nitrogens with two attached hydrogens (primary N) is 1. The van der Waals surface area contributed by atoms with Crippen LogP contribution in [0.3, 0.4) is 0 Å². The molecule has 0 bridgehead atoms. The zero-order valence-corrected chi connectivity index (χ0v) is 10.6. The Morgan fingerprint density at radius 3 is 2.93 bits per heavy atom. The van der Waals surface area contributed by atoms with Crippen LogP contribution in [0.4, 0.5) is 0 Å². The molecule has 86 valence electrons. The quantitative estimate of drug-likeness (QED) is 0.464. The summed E-state index contributed by atoms with van der Waals surface area (Å²) in [6.07, 6.45) is 3.65. The summed E-state index contributed by atoms with van der Waals surface area (Å²) in [4.78, 5) is 0. The lowest BCUT2D eigenvalue weighted by Gasteiger charge is -2.16. The maximum absolute atomic E-state index is 5.53. The van der Waals surface area contributed by atoms with E-state index >= 15 is 0 Å². The van der Waals surface area contributed by atoms with E-state index in [0.29, 0.717) is 0 Å². The highest BCUT2D eigenvalue weighted by Gasteiger charge is 2.16. The van der Waals surface area contributed by atoms with E-state index in [4.69, 9.17) is 10.6 Å². The molecule has 15 heavy (non-hydrogen) atoms. The van der Waals surface area contributed by atoms with Crippen LogP contribution in [0.25, 0.3) is 0 Å². The lowest BCUT2D eigenvalue weighted by Crippen LogP contribution is -2.30. The Morgan fingerprint density at radius 2 is 2.47 bits per heavy atom. The Bertz CT molecular complexity index is 283. The molecule has 1 heterocycles. The molecule has 0 aromatic carbocycles. The fourth-order valence-corrected chi connectivity index (χ4v) is 2.17. The van der Waals surface area contributed by atoms with E-state index in [0.717, 1.165) is 29.6 Å². The summed E-state index contributed by atoms with van der Waals surface area (Å²) >= 11 is 3.46. The van der Waals surface area contributed by atoms with Crippen LogP contribution in [-0.2, 0) is 11.8 Å². The van der Waals surface area contributed by atoms with Crippen molar-refractivity contribution in [2.45, 2.75) is 18.9 Å². The SMILES string of the molecule is COCCCC(NN)c1c(Br)cnn1C. The second-order valence-corrected chi connectivity index (χ2v) is 4.21. The molecule has 0 aliphatic rings. The van der Waals surface area contributed by atoms with Gasteiger partial charge in [-0.15, -0.1) is 0 Å². The van der Waals surface area contributed by atoms with E-state index in [-0.39, 0.29) is 6.04 Å². The van der Waals surface area contributed by atoms with E-state index in [1.54, 1.807) is 13.3 Å². The number of hydrogen-bond acceptors (Lipinski definition) is 4. The molecule has 0 saturated heterocycles. The second kappa shape index (κ2) is 6.22. The molecule has 0 aliphatic heterocycles. The monoisotopic (exact) mass is 276 g/mol. The third-order valence-corrected chi connectivity index (χ3v) is 2.92. The van der Waals surface area contributed by atoms with Crippen molar-refractivity contribution in [2.24, 2.45) is 12.9 Å². The van der Waals surface area contributed by atoms with Gasteiger partial charge in [0.15, 0.2) is 0 Å². The Morgan fingerprint density at radius 1 is 1.73 bits per heavy atom. The van der Waals surface area contributed by atoms with Gasteiger partial charge < -0.3 is 4.74 Å². The number of ether oxygens (including phenoxy) is 1. The van der Waals surface area contributed by atoms with Crippen LogP contribution in [0.5, 0.6) is 0 Å². The number of methoxy groups -OCH3 is 1. The van der Waals surface area contributed by atoms with Crippen LogP contribution < -0.4 is 11.3 Å². The number of aromatic nitrogens is 2. The van der Waals surface area contributed by atoms with Crippen LogP contribution in [0.1, 0.15) is 24.6 Å². The molecule has 3 N–H and O–H groups in total. The van der Waals surface area contributed by atoms with Gasteiger partial charge in [-0.05, 0) is 28.8 Å². The molecule has 1 aromatic rings. The first kappa shape index (κ1) is 12.6. The van der Waals surface area contributed by atoms with Crippen LogP contribution in [0.2, 0.25) is 0 Å². The predicted molar refractivity (Wildman–Crippen MR) is 62.1 cm³/mol. The summed E-state index contributed by atoms with van der Waals surface area (Å²) in [5.74, 6) is 5.53. The van der Waals surface area contributed by atoms with Crippen LogP contribution in [-0.4, -0.2) is 23.5 Å². The van der Waals surface area contributed by atoms with Crippen molar-refractivity contribution in [3.8, 4) is 0 Å². The van der Waals surface area contributed by atoms with Gasteiger partial charge in [0.05, 0.1) is 22.4 Å². The van der Waals surface area contributed by atoms with E-state index in [2.05, 4.69) is 26.5 Å². The van der Waals surface area contributed by atoms with Crippen molar-refractivity contribution in [3.63, 3.8) is 0 Å². The van der Waals surface area contributed by atoms with Gasteiger partial charge in [0.25, 0.3) is 0 Å². The molecule has 1 rings (SSSR count). The fourth-order valence-electron chi connectivity index (χ4n) is 1.54. The lowest BCUT2D eigenvalue weighted by molar-refractivity contribution is 0.188. The second-order valence-electron chi connectivity index (χ2n) is 3.36.